The van der Waals surface area contributed by atoms with E-state index in [0.29, 0.717) is 16.6 Å². The molecule has 1 fully saturated rings. The molecule has 0 radical (unpaired) electrons. The Hall–Kier alpha value is -1.26. The van der Waals surface area contributed by atoms with E-state index in [0.717, 1.165) is 18.5 Å². The molecule has 1 aromatic rings. The maximum atomic E-state index is 11.4. The van der Waals surface area contributed by atoms with Crippen LogP contribution in [0.5, 0.6) is 0 Å². The first-order valence-electron chi connectivity index (χ1n) is 5.50. The number of rotatable bonds is 3. The Balaban J connectivity index is 2.12. The summed E-state index contributed by atoms with van der Waals surface area (Å²) in [5.74, 6) is -0.366. The Bertz CT molecular complexity index is 431. The number of nitrogens with two attached hydrogens (primary N) is 1. The molecule has 1 saturated carbocycles. The third kappa shape index (κ3) is 2.70. The molecule has 1 aliphatic carbocycles. The molecule has 5 heteroatoms. The van der Waals surface area contributed by atoms with Gasteiger partial charge >= 0.3 is 5.97 Å². The molecule has 1 aromatic carbocycles. The fourth-order valence-corrected chi connectivity index (χ4v) is 2.05. The number of esters is 1. The third-order valence-corrected chi connectivity index (χ3v) is 3.25. The van der Waals surface area contributed by atoms with Crippen LogP contribution in [0.3, 0.4) is 0 Å². The van der Waals surface area contributed by atoms with E-state index in [1.807, 2.05) is 0 Å². The number of hydrogen-bond acceptors (Lipinski definition) is 4. The summed E-state index contributed by atoms with van der Waals surface area (Å²) in [4.78, 5) is 11.4. The number of ether oxygens (including phenoxy) is 1. The fraction of sp³-hybridized carbons (Fsp3) is 0.417. The monoisotopic (exact) mass is 254 g/mol. The fourth-order valence-electron chi connectivity index (χ4n) is 1.88. The van der Waals surface area contributed by atoms with Crippen LogP contribution in [-0.4, -0.2) is 25.2 Å². The average Bonchev–Trinajstić information content (AvgIpc) is 2.28. The van der Waals surface area contributed by atoms with E-state index in [4.69, 9.17) is 17.3 Å². The number of anilines is 1. The van der Waals surface area contributed by atoms with E-state index in [9.17, 15) is 4.79 Å². The van der Waals surface area contributed by atoms with Crippen molar-refractivity contribution in [3.05, 3.63) is 28.8 Å². The van der Waals surface area contributed by atoms with Crippen molar-refractivity contribution < 1.29 is 9.53 Å². The Kier molecular flexibility index (Phi) is 3.54. The number of benzene rings is 1. The Labute approximate surface area is 105 Å². The number of carbonyl (C=O) groups excluding carboxylic acids is 1. The molecule has 0 spiro atoms. The van der Waals surface area contributed by atoms with Crippen molar-refractivity contribution in [2.45, 2.75) is 24.9 Å². The summed E-state index contributed by atoms with van der Waals surface area (Å²) in [5, 5.41) is 3.87. The first-order chi connectivity index (χ1) is 8.10. The summed E-state index contributed by atoms with van der Waals surface area (Å²) >= 11 is 6.06. The number of halogens is 1. The summed E-state index contributed by atoms with van der Waals surface area (Å²) < 4.78 is 4.66. The Morgan fingerprint density at radius 2 is 2.24 bits per heavy atom. The van der Waals surface area contributed by atoms with Crippen molar-refractivity contribution in [3.63, 3.8) is 0 Å². The van der Waals surface area contributed by atoms with Crippen LogP contribution in [0.2, 0.25) is 5.02 Å². The third-order valence-electron chi connectivity index (χ3n) is 2.92. The smallest absolute Gasteiger partial charge is 0.337 e. The summed E-state index contributed by atoms with van der Waals surface area (Å²) in [6.45, 7) is 0. The van der Waals surface area contributed by atoms with E-state index < -0.39 is 0 Å². The van der Waals surface area contributed by atoms with Gasteiger partial charge in [-0.15, -0.1) is 0 Å². The number of methoxy groups -OCH3 is 1. The van der Waals surface area contributed by atoms with Gasteiger partial charge < -0.3 is 15.8 Å². The molecule has 92 valence electrons. The molecule has 3 N–H and O–H groups in total. The highest BCUT2D eigenvalue weighted by atomic mass is 35.5. The lowest BCUT2D eigenvalue weighted by atomic mass is 9.87. The largest absolute Gasteiger partial charge is 0.465 e. The minimum Gasteiger partial charge on any atom is -0.465 e. The molecule has 1 aliphatic rings. The first kappa shape index (κ1) is 12.2. The molecule has 2 rings (SSSR count). The van der Waals surface area contributed by atoms with E-state index in [1.54, 1.807) is 18.2 Å². The summed E-state index contributed by atoms with van der Waals surface area (Å²) in [6, 6.07) is 5.66. The van der Waals surface area contributed by atoms with Gasteiger partial charge in [0.2, 0.25) is 0 Å². The first-order valence-corrected chi connectivity index (χ1v) is 5.88. The molecular formula is C12H15ClN2O2. The van der Waals surface area contributed by atoms with Crippen LogP contribution >= 0.6 is 11.6 Å². The van der Waals surface area contributed by atoms with Crippen LogP contribution in [-0.2, 0) is 4.74 Å². The number of hydrogen-bond donors (Lipinski definition) is 2. The van der Waals surface area contributed by atoms with Gasteiger partial charge in [0, 0.05) is 12.1 Å². The van der Waals surface area contributed by atoms with Crippen LogP contribution in [0.4, 0.5) is 5.69 Å². The van der Waals surface area contributed by atoms with Gasteiger partial charge in [0.15, 0.2) is 0 Å². The van der Waals surface area contributed by atoms with Crippen LogP contribution in [0, 0.1) is 0 Å². The van der Waals surface area contributed by atoms with E-state index in [1.165, 1.54) is 7.11 Å². The molecule has 0 heterocycles. The van der Waals surface area contributed by atoms with Gasteiger partial charge in [-0.3, -0.25) is 0 Å². The topological polar surface area (TPSA) is 64.3 Å². The van der Waals surface area contributed by atoms with Gasteiger partial charge in [0.1, 0.15) is 0 Å². The van der Waals surface area contributed by atoms with E-state index in [2.05, 4.69) is 10.1 Å². The second-order valence-electron chi connectivity index (χ2n) is 4.26. The SMILES string of the molecule is COC(=O)c1ccc(Cl)c(NC2CC(N)C2)c1. The lowest BCUT2D eigenvalue weighted by Crippen LogP contribution is -2.44. The zero-order chi connectivity index (χ0) is 12.4. The van der Waals surface area contributed by atoms with Crippen LogP contribution in [0.25, 0.3) is 0 Å². The van der Waals surface area contributed by atoms with Crippen molar-refractivity contribution in [2.75, 3.05) is 12.4 Å². The molecule has 0 amide bonds. The predicted molar refractivity (Wildman–Crippen MR) is 67.4 cm³/mol. The molecule has 17 heavy (non-hydrogen) atoms. The lowest BCUT2D eigenvalue weighted by Gasteiger charge is -2.34. The van der Waals surface area contributed by atoms with Crippen LogP contribution < -0.4 is 11.1 Å². The molecule has 0 atom stereocenters. The predicted octanol–water partition coefficient (Wildman–Crippen LogP) is 2.03. The van der Waals surface area contributed by atoms with Gasteiger partial charge in [0.05, 0.1) is 23.4 Å². The molecule has 4 nitrogen and oxygen atoms in total. The van der Waals surface area contributed by atoms with Gasteiger partial charge in [0.25, 0.3) is 0 Å². The molecular weight excluding hydrogens is 240 g/mol. The number of carbonyl (C=O) groups is 1. The van der Waals surface area contributed by atoms with Crippen molar-refractivity contribution >= 4 is 23.3 Å². The maximum Gasteiger partial charge on any atom is 0.337 e. The lowest BCUT2D eigenvalue weighted by molar-refractivity contribution is 0.0601. The van der Waals surface area contributed by atoms with Crippen LogP contribution in [0.15, 0.2) is 18.2 Å². The second-order valence-corrected chi connectivity index (χ2v) is 4.67. The quantitative estimate of drug-likeness (QED) is 0.810. The summed E-state index contributed by atoms with van der Waals surface area (Å²) in [5.41, 5.74) is 6.96. The van der Waals surface area contributed by atoms with Gasteiger partial charge in [-0.05, 0) is 31.0 Å². The minimum atomic E-state index is -0.366. The molecule has 0 aliphatic heterocycles. The van der Waals surface area contributed by atoms with E-state index in [-0.39, 0.29) is 12.0 Å². The highest BCUT2D eigenvalue weighted by Crippen LogP contribution is 2.28. The zero-order valence-corrected chi connectivity index (χ0v) is 10.3. The number of nitrogens with one attached hydrogen (secondary N) is 1. The maximum absolute atomic E-state index is 11.4. The molecule has 0 aromatic heterocycles. The van der Waals surface area contributed by atoms with Crippen molar-refractivity contribution in [1.82, 2.24) is 0 Å². The van der Waals surface area contributed by atoms with Crippen molar-refractivity contribution in [2.24, 2.45) is 5.73 Å². The summed E-state index contributed by atoms with van der Waals surface area (Å²) in [6.07, 6.45) is 1.86. The second kappa shape index (κ2) is 4.94. The van der Waals surface area contributed by atoms with E-state index >= 15 is 0 Å². The van der Waals surface area contributed by atoms with Gasteiger partial charge in [-0.2, -0.15) is 0 Å². The van der Waals surface area contributed by atoms with Crippen molar-refractivity contribution in [3.8, 4) is 0 Å². The van der Waals surface area contributed by atoms with Gasteiger partial charge in [-0.25, -0.2) is 4.79 Å². The summed E-state index contributed by atoms with van der Waals surface area (Å²) in [7, 11) is 1.36. The molecule has 0 saturated heterocycles. The molecule has 0 unspecified atom stereocenters. The zero-order valence-electron chi connectivity index (χ0n) is 9.57. The van der Waals surface area contributed by atoms with Gasteiger partial charge in [-0.1, -0.05) is 11.6 Å². The normalized spacial score (nSPS) is 22.8. The molecule has 0 bridgehead atoms. The average molecular weight is 255 g/mol. The minimum absolute atomic E-state index is 0.273. The van der Waals surface area contributed by atoms with Crippen LogP contribution in [0.1, 0.15) is 23.2 Å². The Morgan fingerprint density at radius 1 is 1.53 bits per heavy atom. The van der Waals surface area contributed by atoms with Crippen molar-refractivity contribution in [1.29, 1.82) is 0 Å². The standard InChI is InChI=1S/C12H15ClN2O2/c1-17-12(16)7-2-3-10(13)11(4-7)15-9-5-8(14)6-9/h2-4,8-9,15H,5-6,14H2,1H3. The highest BCUT2D eigenvalue weighted by Gasteiger charge is 2.26. The Morgan fingerprint density at radius 3 is 2.82 bits per heavy atom. The highest BCUT2D eigenvalue weighted by molar-refractivity contribution is 6.33.